The van der Waals surface area contributed by atoms with Crippen molar-refractivity contribution in [3.05, 3.63) is 40.3 Å². The normalized spacial score (nSPS) is 18.7. The highest BCUT2D eigenvalue weighted by atomic mass is 32.1. The molecule has 2 aliphatic rings. The minimum atomic E-state index is -0.668. The Bertz CT molecular complexity index is 992. The summed E-state index contributed by atoms with van der Waals surface area (Å²) in [4.78, 5) is 7.76. The summed E-state index contributed by atoms with van der Waals surface area (Å²) < 4.78 is 2.11. The second kappa shape index (κ2) is 6.86. The monoisotopic (exact) mass is 396 g/mol. The van der Waals surface area contributed by atoms with Gasteiger partial charge in [-0.1, -0.05) is 19.9 Å². The lowest BCUT2D eigenvalue weighted by Gasteiger charge is -2.22. The molecular formula is C20H24N6OS. The van der Waals surface area contributed by atoms with E-state index in [1.54, 1.807) is 17.7 Å². The second-order valence-corrected chi connectivity index (χ2v) is 8.85. The predicted molar refractivity (Wildman–Crippen MR) is 110 cm³/mol. The van der Waals surface area contributed by atoms with Gasteiger partial charge in [0.25, 0.3) is 0 Å². The smallest absolute Gasteiger partial charge is 0.182 e. The summed E-state index contributed by atoms with van der Waals surface area (Å²) in [6.07, 6.45) is 3.46. The first kappa shape index (κ1) is 17.6. The van der Waals surface area contributed by atoms with Crippen LogP contribution in [0.3, 0.4) is 0 Å². The van der Waals surface area contributed by atoms with E-state index >= 15 is 0 Å². The van der Waals surface area contributed by atoms with Gasteiger partial charge in [0.1, 0.15) is 17.8 Å². The third kappa shape index (κ3) is 3.06. The van der Waals surface area contributed by atoms with Crippen molar-refractivity contribution < 1.29 is 5.11 Å². The number of rotatable bonds is 6. The molecule has 8 heteroatoms. The summed E-state index contributed by atoms with van der Waals surface area (Å²) in [6, 6.07) is 6.37. The van der Waals surface area contributed by atoms with Crippen LogP contribution in [0.5, 0.6) is 0 Å². The van der Waals surface area contributed by atoms with Crippen molar-refractivity contribution in [2.45, 2.75) is 45.5 Å². The molecule has 4 heterocycles. The minimum absolute atomic E-state index is 0.495. The largest absolute Gasteiger partial charge is 0.384 e. The lowest BCUT2D eigenvalue weighted by atomic mass is 10.2. The minimum Gasteiger partial charge on any atom is -0.384 e. The molecule has 1 saturated carbocycles. The van der Waals surface area contributed by atoms with Crippen molar-refractivity contribution in [1.29, 1.82) is 0 Å². The Labute approximate surface area is 168 Å². The molecule has 0 amide bonds. The van der Waals surface area contributed by atoms with E-state index in [2.05, 4.69) is 39.3 Å². The number of pyridine rings is 1. The number of thiophene rings is 1. The molecule has 0 radical (unpaired) electrons. The molecule has 0 bridgehead atoms. The van der Waals surface area contributed by atoms with Crippen molar-refractivity contribution in [3.8, 4) is 11.5 Å². The number of aliphatic hydroxyl groups is 1. The summed E-state index contributed by atoms with van der Waals surface area (Å²) in [5.41, 5.74) is 3.09. The summed E-state index contributed by atoms with van der Waals surface area (Å²) >= 11 is 1.61. The number of nitrogens with one attached hydrogen (secondary N) is 1. The Morgan fingerprint density at radius 1 is 1.32 bits per heavy atom. The maximum absolute atomic E-state index is 10.9. The van der Waals surface area contributed by atoms with Crippen LogP contribution < -0.4 is 10.2 Å². The van der Waals surface area contributed by atoms with E-state index in [0.717, 1.165) is 34.4 Å². The van der Waals surface area contributed by atoms with Crippen LogP contribution in [0.25, 0.3) is 11.5 Å². The topological polar surface area (TPSA) is 79.1 Å². The molecular weight excluding hydrogens is 372 g/mol. The van der Waals surface area contributed by atoms with Gasteiger partial charge in [0.15, 0.2) is 12.1 Å². The molecule has 3 aromatic heterocycles. The van der Waals surface area contributed by atoms with E-state index in [1.165, 1.54) is 18.4 Å². The van der Waals surface area contributed by atoms with Crippen molar-refractivity contribution in [1.82, 2.24) is 19.7 Å². The van der Waals surface area contributed by atoms with E-state index in [1.807, 2.05) is 23.1 Å². The Morgan fingerprint density at radius 3 is 2.96 bits per heavy atom. The first-order valence-corrected chi connectivity index (χ1v) is 10.7. The van der Waals surface area contributed by atoms with Gasteiger partial charge < -0.3 is 19.9 Å². The van der Waals surface area contributed by atoms with Gasteiger partial charge in [0.05, 0.1) is 17.1 Å². The fraction of sp³-hybridized carbons (Fsp3) is 0.450. The maximum atomic E-state index is 10.9. The third-order valence-corrected chi connectivity index (χ3v) is 6.32. The lowest BCUT2D eigenvalue weighted by molar-refractivity contribution is 0.184. The lowest BCUT2D eigenvalue weighted by Crippen LogP contribution is -2.22. The maximum Gasteiger partial charge on any atom is 0.182 e. The van der Waals surface area contributed by atoms with Crippen molar-refractivity contribution in [2.75, 3.05) is 16.8 Å². The van der Waals surface area contributed by atoms with E-state index in [9.17, 15) is 5.11 Å². The van der Waals surface area contributed by atoms with Gasteiger partial charge in [0, 0.05) is 23.5 Å². The van der Waals surface area contributed by atoms with Crippen LogP contribution in [-0.2, 0) is 6.54 Å². The molecule has 1 fully saturated rings. The Morgan fingerprint density at radius 2 is 2.18 bits per heavy atom. The molecule has 1 aliphatic carbocycles. The molecule has 28 heavy (non-hydrogen) atoms. The SMILES string of the molecule is CC(C)CNc1csc2c1CN(c1cccc(-c3nncn3C3CC3)n1)C2O. The number of aromatic nitrogens is 4. The Hall–Kier alpha value is -2.45. The number of fused-ring (bicyclic) bond motifs is 1. The van der Waals surface area contributed by atoms with Crippen LogP contribution >= 0.6 is 11.3 Å². The van der Waals surface area contributed by atoms with Crippen LogP contribution in [0.1, 0.15) is 49.4 Å². The standard InChI is InChI=1S/C20H24N6OS/c1-12(2)8-21-16-10-28-18-14(16)9-25(20(18)27)17-5-3-4-15(23-17)19-24-22-11-26(19)13-6-7-13/h3-5,10-13,20-21,27H,6-9H2,1-2H3. The van der Waals surface area contributed by atoms with Crippen molar-refractivity contribution in [3.63, 3.8) is 0 Å². The highest BCUT2D eigenvalue weighted by Gasteiger charge is 2.34. The Balaban J connectivity index is 1.41. The van der Waals surface area contributed by atoms with Gasteiger partial charge in [-0.05, 0) is 30.9 Å². The molecule has 1 unspecified atom stereocenters. The average molecular weight is 397 g/mol. The molecule has 7 nitrogen and oxygen atoms in total. The molecule has 0 saturated heterocycles. The number of hydrogen-bond donors (Lipinski definition) is 2. The fourth-order valence-electron chi connectivity index (χ4n) is 3.60. The van der Waals surface area contributed by atoms with Crippen LogP contribution in [0.4, 0.5) is 11.5 Å². The first-order valence-electron chi connectivity index (χ1n) is 9.77. The predicted octanol–water partition coefficient (Wildman–Crippen LogP) is 3.82. The highest BCUT2D eigenvalue weighted by molar-refractivity contribution is 7.10. The molecule has 1 aliphatic heterocycles. The summed E-state index contributed by atoms with van der Waals surface area (Å²) in [5.74, 6) is 2.13. The molecule has 0 aromatic carbocycles. The van der Waals surface area contributed by atoms with Crippen molar-refractivity contribution >= 4 is 22.8 Å². The van der Waals surface area contributed by atoms with Crippen LogP contribution in [0.15, 0.2) is 29.9 Å². The number of hydrogen-bond acceptors (Lipinski definition) is 7. The summed E-state index contributed by atoms with van der Waals surface area (Å²) in [7, 11) is 0. The molecule has 2 N–H and O–H groups in total. The van der Waals surface area contributed by atoms with Crippen LogP contribution in [-0.4, -0.2) is 31.4 Å². The summed E-state index contributed by atoms with van der Waals surface area (Å²) in [5, 5.41) is 24.9. The van der Waals surface area contributed by atoms with E-state index in [0.29, 0.717) is 18.5 Å². The van der Waals surface area contributed by atoms with Gasteiger partial charge in [-0.3, -0.25) is 0 Å². The zero-order valence-electron chi connectivity index (χ0n) is 16.0. The second-order valence-electron chi connectivity index (χ2n) is 7.94. The van der Waals surface area contributed by atoms with Gasteiger partial charge >= 0.3 is 0 Å². The first-order chi connectivity index (χ1) is 13.6. The van der Waals surface area contributed by atoms with Gasteiger partial charge in [-0.2, -0.15) is 0 Å². The average Bonchev–Trinajstić information content (AvgIpc) is 3.14. The van der Waals surface area contributed by atoms with Gasteiger partial charge in [0.2, 0.25) is 0 Å². The van der Waals surface area contributed by atoms with Crippen molar-refractivity contribution in [2.24, 2.45) is 5.92 Å². The van der Waals surface area contributed by atoms with E-state index in [4.69, 9.17) is 4.98 Å². The molecule has 0 spiro atoms. The number of nitrogens with zero attached hydrogens (tertiary/aromatic N) is 5. The quantitative estimate of drug-likeness (QED) is 0.659. The zero-order valence-corrected chi connectivity index (χ0v) is 16.9. The van der Waals surface area contributed by atoms with Gasteiger partial charge in [-0.15, -0.1) is 21.5 Å². The van der Waals surface area contributed by atoms with Gasteiger partial charge in [-0.25, -0.2) is 4.98 Å². The molecule has 3 aromatic rings. The fourth-order valence-corrected chi connectivity index (χ4v) is 4.63. The molecule has 146 valence electrons. The highest BCUT2D eigenvalue weighted by Crippen LogP contribution is 2.43. The third-order valence-electron chi connectivity index (χ3n) is 5.26. The van der Waals surface area contributed by atoms with Crippen LogP contribution in [0.2, 0.25) is 0 Å². The molecule has 5 rings (SSSR count). The number of aliphatic hydroxyl groups excluding tert-OH is 1. The summed E-state index contributed by atoms with van der Waals surface area (Å²) in [6.45, 7) is 5.95. The molecule has 1 atom stereocenters. The zero-order chi connectivity index (χ0) is 19.3. The van der Waals surface area contributed by atoms with E-state index < -0.39 is 6.23 Å². The number of anilines is 2. The Kier molecular flexibility index (Phi) is 4.32. The van der Waals surface area contributed by atoms with E-state index in [-0.39, 0.29) is 0 Å². The van der Waals surface area contributed by atoms with Crippen LogP contribution in [0, 0.1) is 5.92 Å².